The second kappa shape index (κ2) is 3.11. The van der Waals surface area contributed by atoms with Crippen molar-refractivity contribution in [1.29, 1.82) is 0 Å². The minimum absolute atomic E-state index is 0.649. The van der Waals surface area contributed by atoms with Crippen molar-refractivity contribution in [3.8, 4) is 11.5 Å². The van der Waals surface area contributed by atoms with E-state index in [1.807, 2.05) is 24.3 Å². The van der Waals surface area contributed by atoms with Crippen LogP contribution in [0.25, 0.3) is 11.5 Å². The normalized spacial score (nSPS) is 10.1. The predicted molar refractivity (Wildman–Crippen MR) is 49.6 cm³/mol. The van der Waals surface area contributed by atoms with Gasteiger partial charge in [-0.15, -0.1) is 0 Å². The molecule has 0 saturated heterocycles. The van der Waals surface area contributed by atoms with Crippen LogP contribution in [0, 0.1) is 0 Å². The first-order valence-electron chi connectivity index (χ1n) is 3.52. The molecule has 0 amide bonds. The summed E-state index contributed by atoms with van der Waals surface area (Å²) < 4.78 is 6.17. The van der Waals surface area contributed by atoms with Crippen LogP contribution < -0.4 is 0 Å². The van der Waals surface area contributed by atoms with E-state index in [4.69, 9.17) is 4.42 Å². The first-order valence-corrected chi connectivity index (χ1v) is 4.31. The quantitative estimate of drug-likeness (QED) is 0.743. The number of aromatic nitrogens is 1. The van der Waals surface area contributed by atoms with Crippen LogP contribution in [0.4, 0.5) is 0 Å². The van der Waals surface area contributed by atoms with Crippen molar-refractivity contribution in [3.63, 3.8) is 0 Å². The Kier molecular flexibility index (Phi) is 1.96. The van der Waals surface area contributed by atoms with E-state index < -0.39 is 0 Å². The third kappa shape index (κ3) is 1.41. The topological polar surface area (TPSA) is 26.0 Å². The largest absolute Gasteiger partial charge is 0.445 e. The molecule has 1 aromatic carbocycles. The van der Waals surface area contributed by atoms with Gasteiger partial charge in [0.25, 0.3) is 0 Å². The molecule has 0 aliphatic heterocycles. The minimum atomic E-state index is 0.649. The molecule has 1 aromatic heterocycles. The van der Waals surface area contributed by atoms with Gasteiger partial charge >= 0.3 is 0 Å². The first kappa shape index (κ1) is 7.55. The monoisotopic (exact) mass is 223 g/mol. The molecule has 0 unspecified atom stereocenters. The van der Waals surface area contributed by atoms with E-state index in [0.717, 1.165) is 10.0 Å². The Hall–Kier alpha value is -1.09. The number of halogens is 1. The van der Waals surface area contributed by atoms with Gasteiger partial charge in [0.2, 0.25) is 5.89 Å². The van der Waals surface area contributed by atoms with Gasteiger partial charge in [-0.05, 0) is 18.2 Å². The van der Waals surface area contributed by atoms with Crippen LogP contribution in [-0.4, -0.2) is 4.98 Å². The molecule has 0 atom stereocenters. The Morgan fingerprint density at radius 1 is 1.33 bits per heavy atom. The molecule has 2 nitrogen and oxygen atoms in total. The van der Waals surface area contributed by atoms with E-state index in [0.29, 0.717) is 5.89 Å². The van der Waals surface area contributed by atoms with Crippen molar-refractivity contribution < 1.29 is 4.42 Å². The Bertz CT molecular complexity index is 370. The summed E-state index contributed by atoms with van der Waals surface area (Å²) in [5, 5.41) is 0. The molecule has 60 valence electrons. The maximum Gasteiger partial charge on any atom is 0.225 e. The number of benzene rings is 1. The molecule has 0 saturated carbocycles. The summed E-state index contributed by atoms with van der Waals surface area (Å²) in [5.41, 5.74) is 0.981. The maximum absolute atomic E-state index is 5.14. The third-order valence-electron chi connectivity index (χ3n) is 1.50. The standard InChI is InChI=1S/C9H6BrNO/c10-8-3-1-2-7(6-8)9-11-4-5-12-9/h1-6H. The fraction of sp³-hybridized carbons (Fsp3) is 0. The molecule has 0 N–H and O–H groups in total. The second-order valence-electron chi connectivity index (χ2n) is 2.35. The predicted octanol–water partition coefficient (Wildman–Crippen LogP) is 3.10. The summed E-state index contributed by atoms with van der Waals surface area (Å²) in [5.74, 6) is 0.649. The van der Waals surface area contributed by atoms with Gasteiger partial charge in [-0.2, -0.15) is 0 Å². The van der Waals surface area contributed by atoms with Gasteiger partial charge in [-0.1, -0.05) is 22.0 Å². The molecular formula is C9H6BrNO. The Balaban J connectivity index is 2.48. The molecule has 0 spiro atoms. The number of oxazole rings is 1. The van der Waals surface area contributed by atoms with Gasteiger partial charge in [-0.25, -0.2) is 4.98 Å². The highest BCUT2D eigenvalue weighted by molar-refractivity contribution is 9.10. The van der Waals surface area contributed by atoms with E-state index in [1.54, 1.807) is 12.5 Å². The molecule has 3 heteroatoms. The number of rotatable bonds is 1. The van der Waals surface area contributed by atoms with Crippen molar-refractivity contribution in [3.05, 3.63) is 41.2 Å². The van der Waals surface area contributed by atoms with E-state index in [2.05, 4.69) is 20.9 Å². The zero-order valence-electron chi connectivity index (χ0n) is 6.20. The number of hydrogen-bond acceptors (Lipinski definition) is 2. The molecule has 0 aliphatic rings. The molecular weight excluding hydrogens is 218 g/mol. The van der Waals surface area contributed by atoms with Gasteiger partial charge < -0.3 is 4.42 Å². The van der Waals surface area contributed by atoms with E-state index >= 15 is 0 Å². The lowest BCUT2D eigenvalue weighted by Crippen LogP contribution is -1.75. The summed E-state index contributed by atoms with van der Waals surface area (Å²) in [6.45, 7) is 0. The minimum Gasteiger partial charge on any atom is -0.445 e. The van der Waals surface area contributed by atoms with Gasteiger partial charge in [0, 0.05) is 10.0 Å². The summed E-state index contributed by atoms with van der Waals surface area (Å²) in [6.07, 6.45) is 3.20. The van der Waals surface area contributed by atoms with E-state index in [1.165, 1.54) is 0 Å². The fourth-order valence-electron chi connectivity index (χ4n) is 0.988. The third-order valence-corrected chi connectivity index (χ3v) is 2.00. The zero-order chi connectivity index (χ0) is 8.39. The van der Waals surface area contributed by atoms with Crippen LogP contribution in [0.3, 0.4) is 0 Å². The highest BCUT2D eigenvalue weighted by Crippen LogP contribution is 2.20. The number of nitrogens with zero attached hydrogens (tertiary/aromatic N) is 1. The average Bonchev–Trinajstić information content (AvgIpc) is 2.56. The summed E-state index contributed by atoms with van der Waals surface area (Å²) in [7, 11) is 0. The van der Waals surface area contributed by atoms with Gasteiger partial charge in [0.15, 0.2) is 0 Å². The summed E-state index contributed by atoms with van der Waals surface area (Å²) in [6, 6.07) is 7.83. The molecule has 1 heterocycles. The molecule has 0 aliphatic carbocycles. The first-order chi connectivity index (χ1) is 5.86. The smallest absolute Gasteiger partial charge is 0.225 e. The van der Waals surface area contributed by atoms with Crippen molar-refractivity contribution in [1.82, 2.24) is 4.98 Å². The Morgan fingerprint density at radius 2 is 2.25 bits per heavy atom. The molecule has 2 rings (SSSR count). The van der Waals surface area contributed by atoms with Crippen LogP contribution in [-0.2, 0) is 0 Å². The lowest BCUT2D eigenvalue weighted by molar-refractivity contribution is 0.574. The van der Waals surface area contributed by atoms with Gasteiger partial charge in [0.1, 0.15) is 6.26 Å². The van der Waals surface area contributed by atoms with Crippen LogP contribution in [0.2, 0.25) is 0 Å². The number of hydrogen-bond donors (Lipinski definition) is 0. The lowest BCUT2D eigenvalue weighted by Gasteiger charge is -1.94. The lowest BCUT2D eigenvalue weighted by atomic mass is 10.2. The molecule has 2 aromatic rings. The maximum atomic E-state index is 5.14. The SMILES string of the molecule is Brc1cccc(-c2ncco2)c1. The summed E-state index contributed by atoms with van der Waals surface area (Å²) >= 11 is 3.38. The molecule has 0 bridgehead atoms. The van der Waals surface area contributed by atoms with Gasteiger partial charge in [-0.3, -0.25) is 0 Å². The molecule has 0 fully saturated rings. The molecule has 0 radical (unpaired) electrons. The van der Waals surface area contributed by atoms with E-state index in [-0.39, 0.29) is 0 Å². The van der Waals surface area contributed by atoms with Crippen molar-refractivity contribution in [2.75, 3.05) is 0 Å². The highest BCUT2D eigenvalue weighted by Gasteiger charge is 2.00. The Labute approximate surface area is 78.4 Å². The van der Waals surface area contributed by atoms with E-state index in [9.17, 15) is 0 Å². The molecule has 12 heavy (non-hydrogen) atoms. The second-order valence-corrected chi connectivity index (χ2v) is 3.26. The van der Waals surface area contributed by atoms with Crippen molar-refractivity contribution in [2.45, 2.75) is 0 Å². The fourth-order valence-corrected chi connectivity index (χ4v) is 1.39. The van der Waals surface area contributed by atoms with Crippen molar-refractivity contribution in [2.24, 2.45) is 0 Å². The summed E-state index contributed by atoms with van der Waals surface area (Å²) in [4.78, 5) is 4.04. The Morgan fingerprint density at radius 3 is 2.92 bits per heavy atom. The average molecular weight is 224 g/mol. The zero-order valence-corrected chi connectivity index (χ0v) is 7.78. The van der Waals surface area contributed by atoms with Crippen LogP contribution >= 0.6 is 15.9 Å². The highest BCUT2D eigenvalue weighted by atomic mass is 79.9. The van der Waals surface area contributed by atoms with Crippen LogP contribution in [0.5, 0.6) is 0 Å². The van der Waals surface area contributed by atoms with Crippen LogP contribution in [0.1, 0.15) is 0 Å². The van der Waals surface area contributed by atoms with Gasteiger partial charge in [0.05, 0.1) is 6.20 Å². The van der Waals surface area contributed by atoms with Crippen molar-refractivity contribution >= 4 is 15.9 Å². The van der Waals surface area contributed by atoms with Crippen LogP contribution in [0.15, 0.2) is 45.6 Å².